The van der Waals surface area contributed by atoms with Gasteiger partial charge in [0.1, 0.15) is 12.4 Å². The molecule has 10 heteroatoms. The molecule has 0 aliphatic carbocycles. The molecule has 4 aromatic rings. The zero-order chi connectivity index (χ0) is 28.3. The Morgan fingerprint density at radius 2 is 1.60 bits per heavy atom. The highest BCUT2D eigenvalue weighted by Gasteiger charge is 2.12. The van der Waals surface area contributed by atoms with E-state index in [4.69, 9.17) is 37.4 Å². The van der Waals surface area contributed by atoms with Gasteiger partial charge in [-0.25, -0.2) is 5.43 Å². The fourth-order valence-electron chi connectivity index (χ4n) is 3.48. The first-order chi connectivity index (χ1) is 19.4. The van der Waals surface area contributed by atoms with Crippen molar-refractivity contribution in [2.45, 2.75) is 6.61 Å². The summed E-state index contributed by atoms with van der Waals surface area (Å²) in [5.41, 5.74) is 5.05. The van der Waals surface area contributed by atoms with Gasteiger partial charge in [0, 0.05) is 16.3 Å². The lowest BCUT2D eigenvalue weighted by Crippen LogP contribution is -2.20. The monoisotopic (exact) mass is 577 g/mol. The highest BCUT2D eigenvalue weighted by molar-refractivity contribution is 6.32. The van der Waals surface area contributed by atoms with Crippen molar-refractivity contribution in [3.05, 3.63) is 118 Å². The maximum Gasteiger partial charge on any atom is 0.271 e. The van der Waals surface area contributed by atoms with Crippen LogP contribution in [0.25, 0.3) is 0 Å². The molecule has 0 aliphatic heterocycles. The third-order valence-electron chi connectivity index (χ3n) is 5.49. The van der Waals surface area contributed by atoms with Gasteiger partial charge in [0.15, 0.2) is 18.1 Å². The fourth-order valence-corrected chi connectivity index (χ4v) is 3.85. The highest BCUT2D eigenvalue weighted by atomic mass is 35.5. The normalized spacial score (nSPS) is 10.7. The molecule has 0 spiro atoms. The van der Waals surface area contributed by atoms with Crippen LogP contribution < -0.4 is 25.0 Å². The van der Waals surface area contributed by atoms with E-state index >= 15 is 0 Å². The Kier molecular flexibility index (Phi) is 9.99. The van der Waals surface area contributed by atoms with Crippen LogP contribution in [0.4, 0.5) is 5.69 Å². The lowest BCUT2D eigenvalue weighted by molar-refractivity contribution is -0.118. The number of amides is 2. The van der Waals surface area contributed by atoms with Gasteiger partial charge in [-0.05, 0) is 71.8 Å². The Labute approximate surface area is 241 Å². The molecule has 0 atom stereocenters. The molecule has 0 radical (unpaired) electrons. The number of halogens is 2. The maximum atomic E-state index is 12.6. The summed E-state index contributed by atoms with van der Waals surface area (Å²) in [6, 6.07) is 26.2. The summed E-state index contributed by atoms with van der Waals surface area (Å²) in [4.78, 5) is 24.7. The molecule has 0 saturated heterocycles. The first-order valence-electron chi connectivity index (χ1n) is 12.1. The van der Waals surface area contributed by atoms with Gasteiger partial charge >= 0.3 is 0 Å². The second-order valence-electron chi connectivity index (χ2n) is 8.37. The topological polar surface area (TPSA) is 98.3 Å². The van der Waals surface area contributed by atoms with Crippen LogP contribution >= 0.6 is 23.2 Å². The number of hydrazone groups is 1. The minimum absolute atomic E-state index is 0.231. The quantitative estimate of drug-likeness (QED) is 0.159. The molecule has 0 saturated carbocycles. The van der Waals surface area contributed by atoms with E-state index in [2.05, 4.69) is 15.8 Å². The largest absolute Gasteiger partial charge is 0.493 e. The second kappa shape index (κ2) is 14.0. The molecule has 2 amide bonds. The van der Waals surface area contributed by atoms with Crippen molar-refractivity contribution in [3.63, 3.8) is 0 Å². The van der Waals surface area contributed by atoms with Crippen molar-refractivity contribution >= 4 is 46.9 Å². The van der Waals surface area contributed by atoms with Gasteiger partial charge in [0.2, 0.25) is 0 Å². The van der Waals surface area contributed by atoms with Gasteiger partial charge in [-0.3, -0.25) is 9.59 Å². The van der Waals surface area contributed by atoms with Crippen LogP contribution in [0.5, 0.6) is 17.2 Å². The fraction of sp³-hybridized carbons (Fsp3) is 0.100. The van der Waals surface area contributed by atoms with Gasteiger partial charge in [-0.2, -0.15) is 5.10 Å². The molecule has 4 aromatic carbocycles. The van der Waals surface area contributed by atoms with Crippen molar-refractivity contribution in [3.8, 4) is 17.2 Å². The molecule has 0 unspecified atom stereocenters. The number of hydrogen-bond donors (Lipinski definition) is 2. The minimum atomic E-state index is -0.429. The predicted octanol–water partition coefficient (Wildman–Crippen LogP) is 6.36. The molecule has 0 heterocycles. The van der Waals surface area contributed by atoms with E-state index in [0.29, 0.717) is 45.7 Å². The van der Waals surface area contributed by atoms with Crippen LogP contribution in [-0.4, -0.2) is 31.7 Å². The number of carbonyl (C=O) groups excluding carboxylic acids is 2. The number of ether oxygens (including phenoxy) is 3. The summed E-state index contributed by atoms with van der Waals surface area (Å²) in [6.45, 7) is 0.140. The SMILES string of the molecule is COc1cc(C(=O)N/N=C/c2ccc(OCC(=O)Nc3ccc(Cl)cc3)c(Cl)c2)ccc1OCc1ccccc1. The standard InChI is InChI=1S/C30H25Cl2N3O5/c1-38-28-16-22(8-14-27(28)39-18-20-5-3-2-4-6-20)30(37)35-33-17-21-7-13-26(25(32)15-21)40-19-29(36)34-24-11-9-23(31)10-12-24/h2-17H,18-19H2,1H3,(H,34,36)(H,35,37)/b33-17+. The number of rotatable bonds is 11. The van der Waals surface area contributed by atoms with Crippen LogP contribution in [-0.2, 0) is 11.4 Å². The lowest BCUT2D eigenvalue weighted by atomic mass is 10.2. The average Bonchev–Trinajstić information content (AvgIpc) is 2.97. The molecule has 0 bridgehead atoms. The Hall–Kier alpha value is -4.53. The second-order valence-corrected chi connectivity index (χ2v) is 9.22. The molecule has 4 rings (SSSR count). The molecule has 2 N–H and O–H groups in total. The van der Waals surface area contributed by atoms with Crippen molar-refractivity contribution in [1.82, 2.24) is 5.43 Å². The van der Waals surface area contributed by atoms with Crippen LogP contribution in [0.3, 0.4) is 0 Å². The maximum absolute atomic E-state index is 12.6. The van der Waals surface area contributed by atoms with Crippen LogP contribution in [0.1, 0.15) is 21.5 Å². The molecular weight excluding hydrogens is 553 g/mol. The van der Waals surface area contributed by atoms with Gasteiger partial charge < -0.3 is 19.5 Å². The van der Waals surface area contributed by atoms with E-state index in [1.165, 1.54) is 13.3 Å². The van der Waals surface area contributed by atoms with E-state index in [1.54, 1.807) is 60.7 Å². The van der Waals surface area contributed by atoms with Gasteiger partial charge in [-0.1, -0.05) is 53.5 Å². The summed E-state index contributed by atoms with van der Waals surface area (Å²) >= 11 is 12.1. The first kappa shape index (κ1) is 28.5. The molecule has 8 nitrogen and oxygen atoms in total. The van der Waals surface area contributed by atoms with Crippen LogP contribution in [0.2, 0.25) is 10.0 Å². The highest BCUT2D eigenvalue weighted by Crippen LogP contribution is 2.29. The Bertz CT molecular complexity index is 1500. The number of anilines is 1. The van der Waals surface area contributed by atoms with E-state index < -0.39 is 5.91 Å². The van der Waals surface area contributed by atoms with E-state index in [1.807, 2.05) is 30.3 Å². The van der Waals surface area contributed by atoms with Crippen molar-refractivity contribution in [2.24, 2.45) is 5.10 Å². The Balaban J connectivity index is 1.28. The Morgan fingerprint density at radius 1 is 0.850 bits per heavy atom. The zero-order valence-electron chi connectivity index (χ0n) is 21.4. The minimum Gasteiger partial charge on any atom is -0.493 e. The van der Waals surface area contributed by atoms with Gasteiger partial charge in [-0.15, -0.1) is 0 Å². The van der Waals surface area contributed by atoms with Crippen molar-refractivity contribution in [2.75, 3.05) is 19.0 Å². The van der Waals surface area contributed by atoms with E-state index in [0.717, 1.165) is 5.56 Å². The third kappa shape index (κ3) is 8.23. The molecular formula is C30H25Cl2N3O5. The van der Waals surface area contributed by atoms with Crippen LogP contribution in [0, 0.1) is 0 Å². The summed E-state index contributed by atoms with van der Waals surface area (Å²) in [5.74, 6) is 0.499. The van der Waals surface area contributed by atoms with Gasteiger partial charge in [0.25, 0.3) is 11.8 Å². The van der Waals surface area contributed by atoms with E-state index in [-0.39, 0.29) is 17.5 Å². The summed E-state index contributed by atoms with van der Waals surface area (Å²) in [5, 5.41) is 7.56. The molecule has 0 fully saturated rings. The van der Waals surface area contributed by atoms with E-state index in [9.17, 15) is 9.59 Å². The van der Waals surface area contributed by atoms with Gasteiger partial charge in [0.05, 0.1) is 18.3 Å². The van der Waals surface area contributed by atoms with Crippen molar-refractivity contribution in [1.29, 1.82) is 0 Å². The summed E-state index contributed by atoms with van der Waals surface area (Å²) in [6.07, 6.45) is 1.44. The smallest absolute Gasteiger partial charge is 0.271 e. The number of nitrogens with zero attached hydrogens (tertiary/aromatic N) is 1. The number of nitrogens with one attached hydrogen (secondary N) is 2. The summed E-state index contributed by atoms with van der Waals surface area (Å²) in [7, 11) is 1.51. The lowest BCUT2D eigenvalue weighted by Gasteiger charge is -2.12. The molecule has 40 heavy (non-hydrogen) atoms. The molecule has 0 aliphatic rings. The number of methoxy groups -OCH3 is 1. The average molecular weight is 578 g/mol. The van der Waals surface area contributed by atoms with Crippen molar-refractivity contribution < 1.29 is 23.8 Å². The number of carbonyl (C=O) groups is 2. The first-order valence-corrected chi connectivity index (χ1v) is 12.8. The number of benzene rings is 4. The third-order valence-corrected chi connectivity index (χ3v) is 6.03. The van der Waals surface area contributed by atoms with Crippen LogP contribution in [0.15, 0.2) is 96.1 Å². The number of hydrogen-bond acceptors (Lipinski definition) is 6. The summed E-state index contributed by atoms with van der Waals surface area (Å²) < 4.78 is 16.7. The predicted molar refractivity (Wildman–Crippen MR) is 156 cm³/mol. The molecule has 204 valence electrons. The Morgan fingerprint density at radius 3 is 2.33 bits per heavy atom. The molecule has 0 aromatic heterocycles. The zero-order valence-corrected chi connectivity index (χ0v) is 22.9.